The van der Waals surface area contributed by atoms with E-state index in [9.17, 15) is 4.39 Å². The van der Waals surface area contributed by atoms with Crippen LogP contribution in [0.4, 0.5) is 10.1 Å². The van der Waals surface area contributed by atoms with E-state index in [4.69, 9.17) is 10.5 Å². The summed E-state index contributed by atoms with van der Waals surface area (Å²) in [5, 5.41) is 0. The number of aryl methyl sites for hydroxylation is 2. The normalized spacial score (nSPS) is 10.3. The monoisotopic (exact) mass is 233 g/mol. The quantitative estimate of drug-likeness (QED) is 0.810. The molecule has 88 valence electrons. The highest BCUT2D eigenvalue weighted by Gasteiger charge is 2.12. The number of aromatic nitrogens is 2. The van der Waals surface area contributed by atoms with Gasteiger partial charge in [0, 0.05) is 0 Å². The SMILES string of the molecule is Cc1cccc(Oc2ncnc(C)c2F)c1N. The van der Waals surface area contributed by atoms with Crippen molar-refractivity contribution in [2.75, 3.05) is 5.73 Å². The number of nitrogens with two attached hydrogens (primary N) is 1. The molecule has 0 bridgehead atoms. The lowest BCUT2D eigenvalue weighted by molar-refractivity contribution is 0.418. The van der Waals surface area contributed by atoms with E-state index in [-0.39, 0.29) is 11.6 Å². The third kappa shape index (κ3) is 2.18. The van der Waals surface area contributed by atoms with Gasteiger partial charge in [0.2, 0.25) is 5.82 Å². The Hall–Kier alpha value is -2.17. The van der Waals surface area contributed by atoms with Crippen molar-refractivity contribution in [3.8, 4) is 11.6 Å². The molecule has 0 aliphatic carbocycles. The van der Waals surface area contributed by atoms with Crippen LogP contribution in [-0.2, 0) is 0 Å². The maximum atomic E-state index is 13.6. The van der Waals surface area contributed by atoms with Crippen molar-refractivity contribution in [1.29, 1.82) is 0 Å². The predicted octanol–water partition coefficient (Wildman–Crippen LogP) is 2.61. The van der Waals surface area contributed by atoms with Crippen molar-refractivity contribution in [3.63, 3.8) is 0 Å². The number of hydrogen-bond donors (Lipinski definition) is 1. The summed E-state index contributed by atoms with van der Waals surface area (Å²) in [7, 11) is 0. The molecule has 2 rings (SSSR count). The van der Waals surface area contributed by atoms with Gasteiger partial charge in [-0.05, 0) is 25.5 Å². The summed E-state index contributed by atoms with van der Waals surface area (Å²) in [5.41, 5.74) is 7.41. The van der Waals surface area contributed by atoms with E-state index in [1.165, 1.54) is 6.33 Å². The van der Waals surface area contributed by atoms with Gasteiger partial charge in [0.15, 0.2) is 5.75 Å². The highest BCUT2D eigenvalue weighted by Crippen LogP contribution is 2.29. The first-order chi connectivity index (χ1) is 8.09. The molecule has 17 heavy (non-hydrogen) atoms. The molecular formula is C12H12FN3O. The van der Waals surface area contributed by atoms with Gasteiger partial charge in [-0.1, -0.05) is 12.1 Å². The summed E-state index contributed by atoms with van der Waals surface area (Å²) >= 11 is 0. The first-order valence-corrected chi connectivity index (χ1v) is 5.09. The number of hydrogen-bond acceptors (Lipinski definition) is 4. The number of nitrogen functional groups attached to an aromatic ring is 1. The van der Waals surface area contributed by atoms with Crippen molar-refractivity contribution in [2.24, 2.45) is 0 Å². The van der Waals surface area contributed by atoms with Crippen LogP contribution in [0.15, 0.2) is 24.5 Å². The molecule has 0 fully saturated rings. The van der Waals surface area contributed by atoms with Crippen LogP contribution in [0, 0.1) is 19.7 Å². The largest absolute Gasteiger partial charge is 0.434 e. The Morgan fingerprint density at radius 1 is 1.24 bits per heavy atom. The lowest BCUT2D eigenvalue weighted by Gasteiger charge is -2.10. The number of benzene rings is 1. The fourth-order valence-electron chi connectivity index (χ4n) is 1.35. The molecule has 4 nitrogen and oxygen atoms in total. The fourth-order valence-corrected chi connectivity index (χ4v) is 1.35. The second kappa shape index (κ2) is 4.37. The van der Waals surface area contributed by atoms with Crippen LogP contribution in [0.25, 0.3) is 0 Å². The second-order valence-electron chi connectivity index (χ2n) is 3.67. The fraction of sp³-hybridized carbons (Fsp3) is 0.167. The Morgan fingerprint density at radius 2 is 2.00 bits per heavy atom. The zero-order chi connectivity index (χ0) is 12.4. The average molecular weight is 233 g/mol. The van der Waals surface area contributed by atoms with Crippen LogP contribution in [0.5, 0.6) is 11.6 Å². The van der Waals surface area contributed by atoms with Crippen molar-refractivity contribution < 1.29 is 9.13 Å². The van der Waals surface area contributed by atoms with Gasteiger partial charge in [-0.3, -0.25) is 0 Å². The molecule has 1 aromatic heterocycles. The molecule has 1 aromatic carbocycles. The van der Waals surface area contributed by atoms with Crippen LogP contribution in [0.2, 0.25) is 0 Å². The number of para-hydroxylation sites is 1. The summed E-state index contributed by atoms with van der Waals surface area (Å²) < 4.78 is 19.0. The number of rotatable bonds is 2. The van der Waals surface area contributed by atoms with Gasteiger partial charge in [0.25, 0.3) is 5.88 Å². The summed E-state index contributed by atoms with van der Waals surface area (Å²) in [6.45, 7) is 3.40. The smallest absolute Gasteiger partial charge is 0.259 e. The number of halogens is 1. The number of anilines is 1. The third-order valence-electron chi connectivity index (χ3n) is 2.42. The average Bonchev–Trinajstić information content (AvgIpc) is 2.31. The standard InChI is InChI=1S/C12H12FN3O/c1-7-4-3-5-9(11(7)14)17-12-10(13)8(2)15-6-16-12/h3-6H,14H2,1-2H3. The molecule has 0 amide bonds. The topological polar surface area (TPSA) is 61.0 Å². The lowest BCUT2D eigenvalue weighted by atomic mass is 10.2. The van der Waals surface area contributed by atoms with Crippen LogP contribution in [0.1, 0.15) is 11.3 Å². The molecule has 2 N–H and O–H groups in total. The zero-order valence-electron chi connectivity index (χ0n) is 9.57. The van der Waals surface area contributed by atoms with E-state index in [1.807, 2.05) is 13.0 Å². The van der Waals surface area contributed by atoms with Gasteiger partial charge in [0.05, 0.1) is 11.4 Å². The van der Waals surface area contributed by atoms with E-state index in [0.717, 1.165) is 5.56 Å². The van der Waals surface area contributed by atoms with E-state index in [2.05, 4.69) is 9.97 Å². The van der Waals surface area contributed by atoms with Crippen LogP contribution >= 0.6 is 0 Å². The van der Waals surface area contributed by atoms with E-state index >= 15 is 0 Å². The minimum Gasteiger partial charge on any atom is -0.434 e. The van der Waals surface area contributed by atoms with Gasteiger partial charge >= 0.3 is 0 Å². The molecule has 0 aliphatic heterocycles. The molecule has 0 radical (unpaired) electrons. The van der Waals surface area contributed by atoms with Gasteiger partial charge < -0.3 is 10.5 Å². The minimum atomic E-state index is -0.576. The number of nitrogens with zero attached hydrogens (tertiary/aromatic N) is 2. The molecule has 0 aliphatic rings. The van der Waals surface area contributed by atoms with E-state index in [1.54, 1.807) is 19.1 Å². The molecule has 0 saturated heterocycles. The molecule has 0 spiro atoms. The maximum absolute atomic E-state index is 13.6. The van der Waals surface area contributed by atoms with Crippen LogP contribution in [-0.4, -0.2) is 9.97 Å². The van der Waals surface area contributed by atoms with Gasteiger partial charge in [-0.25, -0.2) is 4.98 Å². The first kappa shape index (κ1) is 11.3. The summed E-state index contributed by atoms with van der Waals surface area (Å²) in [6, 6.07) is 5.30. The van der Waals surface area contributed by atoms with Gasteiger partial charge in [0.1, 0.15) is 6.33 Å². The van der Waals surface area contributed by atoms with Crippen LogP contribution < -0.4 is 10.5 Å². The Morgan fingerprint density at radius 3 is 2.76 bits per heavy atom. The Bertz CT molecular complexity index is 508. The maximum Gasteiger partial charge on any atom is 0.259 e. The highest BCUT2D eigenvalue weighted by atomic mass is 19.1. The zero-order valence-corrected chi connectivity index (χ0v) is 9.57. The Kier molecular flexibility index (Phi) is 2.91. The molecule has 2 aromatic rings. The molecule has 5 heteroatoms. The predicted molar refractivity (Wildman–Crippen MR) is 62.4 cm³/mol. The molecule has 0 saturated carbocycles. The summed E-state index contributed by atoms with van der Waals surface area (Å²) in [6.07, 6.45) is 1.25. The van der Waals surface area contributed by atoms with Gasteiger partial charge in [-0.2, -0.15) is 9.37 Å². The summed E-state index contributed by atoms with van der Waals surface area (Å²) in [5.74, 6) is -0.301. The lowest BCUT2D eigenvalue weighted by Crippen LogP contribution is -1.99. The minimum absolute atomic E-state index is 0.116. The van der Waals surface area contributed by atoms with Crippen LogP contribution in [0.3, 0.4) is 0 Å². The van der Waals surface area contributed by atoms with E-state index < -0.39 is 5.82 Å². The summed E-state index contributed by atoms with van der Waals surface area (Å²) in [4.78, 5) is 7.46. The first-order valence-electron chi connectivity index (χ1n) is 5.09. The van der Waals surface area contributed by atoms with Crippen molar-refractivity contribution in [2.45, 2.75) is 13.8 Å². The van der Waals surface area contributed by atoms with E-state index in [0.29, 0.717) is 11.4 Å². The third-order valence-corrected chi connectivity index (χ3v) is 2.42. The van der Waals surface area contributed by atoms with Crippen molar-refractivity contribution >= 4 is 5.69 Å². The molecular weight excluding hydrogens is 221 g/mol. The highest BCUT2D eigenvalue weighted by molar-refractivity contribution is 5.58. The number of ether oxygens (including phenoxy) is 1. The van der Waals surface area contributed by atoms with Crippen molar-refractivity contribution in [3.05, 3.63) is 41.6 Å². The Balaban J connectivity index is 2.38. The molecule has 0 unspecified atom stereocenters. The molecule has 1 heterocycles. The molecule has 0 atom stereocenters. The van der Waals surface area contributed by atoms with Crippen molar-refractivity contribution in [1.82, 2.24) is 9.97 Å². The van der Waals surface area contributed by atoms with Gasteiger partial charge in [-0.15, -0.1) is 0 Å². The Labute approximate surface area is 98.3 Å². The second-order valence-corrected chi connectivity index (χ2v) is 3.67.